The molecule has 0 unspecified atom stereocenters. The van der Waals surface area contributed by atoms with Gasteiger partial charge < -0.3 is 10.1 Å². The zero-order valence-electron chi connectivity index (χ0n) is 8.75. The summed E-state index contributed by atoms with van der Waals surface area (Å²) < 4.78 is 55.1. The largest absolute Gasteiger partial charge is 0.447 e. The van der Waals surface area contributed by atoms with Crippen molar-refractivity contribution in [1.29, 1.82) is 0 Å². The lowest BCUT2D eigenvalue weighted by Gasteiger charge is -2.12. The van der Waals surface area contributed by atoms with Gasteiger partial charge in [0.1, 0.15) is 12.4 Å². The number of hydrogen-bond donors (Lipinski definition) is 1. The van der Waals surface area contributed by atoms with Crippen LogP contribution >= 0.6 is 12.4 Å². The number of amides is 1. The van der Waals surface area contributed by atoms with Gasteiger partial charge in [0.15, 0.2) is 0 Å². The molecular weight excluding hydrogens is 278 g/mol. The number of benzene rings is 1. The summed E-state index contributed by atoms with van der Waals surface area (Å²) in [5, 5.41) is 2.22. The van der Waals surface area contributed by atoms with E-state index in [9.17, 15) is 22.4 Å². The quantitative estimate of drug-likeness (QED) is 0.806. The molecule has 18 heavy (non-hydrogen) atoms. The molecule has 0 saturated carbocycles. The van der Waals surface area contributed by atoms with Gasteiger partial charge in [0, 0.05) is 5.56 Å². The molecule has 0 radical (unpaired) electrons. The molecule has 1 heterocycles. The number of ether oxygens (including phenoxy) is 1. The molecule has 1 N–H and O–H groups in total. The van der Waals surface area contributed by atoms with E-state index in [1.54, 1.807) is 0 Å². The van der Waals surface area contributed by atoms with E-state index < -0.39 is 29.7 Å². The van der Waals surface area contributed by atoms with Crippen LogP contribution in [0.4, 0.5) is 22.4 Å². The molecule has 0 bridgehead atoms. The molecule has 2 rings (SSSR count). The van der Waals surface area contributed by atoms with Gasteiger partial charge in [-0.25, -0.2) is 9.18 Å². The van der Waals surface area contributed by atoms with Gasteiger partial charge in [0.05, 0.1) is 11.6 Å². The van der Waals surface area contributed by atoms with Crippen LogP contribution in [0.5, 0.6) is 0 Å². The Hall–Kier alpha value is -1.50. The normalized spacial score (nSPS) is 18.9. The summed E-state index contributed by atoms with van der Waals surface area (Å²) in [6.07, 6.45) is -5.32. The number of hydrogen-bond acceptors (Lipinski definition) is 2. The first-order chi connectivity index (χ1) is 7.88. The third-order valence-corrected chi connectivity index (χ3v) is 2.37. The molecule has 1 fully saturated rings. The molecule has 1 amide bonds. The number of cyclic esters (lactones) is 1. The summed E-state index contributed by atoms with van der Waals surface area (Å²) in [5.74, 6) is -0.811. The summed E-state index contributed by atoms with van der Waals surface area (Å²) in [4.78, 5) is 10.7. The molecule has 3 nitrogen and oxygen atoms in total. The van der Waals surface area contributed by atoms with E-state index in [-0.39, 0.29) is 24.6 Å². The first-order valence-electron chi connectivity index (χ1n) is 4.68. The summed E-state index contributed by atoms with van der Waals surface area (Å²) in [7, 11) is 0. The highest BCUT2D eigenvalue weighted by Crippen LogP contribution is 2.32. The Bertz CT molecular complexity index is 464. The number of carbonyl (C=O) groups excluding carboxylic acids is 1. The molecular formula is C10H8ClF4NO2. The standard InChI is InChI=1S/C10H7F4NO2.ClH/c11-7-2-1-5(10(12,13)14)3-6(7)8-4-17-9(16)15-8;/h1-3,8H,4H2,(H,15,16);1H/t8-;/m1./s1. The minimum Gasteiger partial charge on any atom is -0.447 e. The Morgan fingerprint density at radius 2 is 2.00 bits per heavy atom. The van der Waals surface area contributed by atoms with Crippen molar-refractivity contribution >= 4 is 18.5 Å². The van der Waals surface area contributed by atoms with Crippen LogP contribution in [-0.2, 0) is 10.9 Å². The van der Waals surface area contributed by atoms with Crippen molar-refractivity contribution in [2.24, 2.45) is 0 Å². The van der Waals surface area contributed by atoms with Crippen molar-refractivity contribution in [3.8, 4) is 0 Å². The van der Waals surface area contributed by atoms with Crippen LogP contribution in [0.15, 0.2) is 18.2 Å². The fourth-order valence-electron chi connectivity index (χ4n) is 1.54. The highest BCUT2D eigenvalue weighted by atomic mass is 35.5. The second-order valence-corrected chi connectivity index (χ2v) is 3.53. The Kier molecular flexibility index (Phi) is 4.05. The molecule has 100 valence electrons. The molecule has 8 heteroatoms. The van der Waals surface area contributed by atoms with E-state index >= 15 is 0 Å². The number of alkyl halides is 3. The minimum atomic E-state index is -4.55. The van der Waals surface area contributed by atoms with Gasteiger partial charge in [-0.1, -0.05) is 0 Å². The van der Waals surface area contributed by atoms with Crippen molar-refractivity contribution in [3.05, 3.63) is 35.1 Å². The SMILES string of the molecule is Cl.O=C1N[C@@H](c2cc(C(F)(F)F)ccc2F)CO1. The fraction of sp³-hybridized carbons (Fsp3) is 0.300. The predicted molar refractivity (Wildman–Crippen MR) is 55.9 cm³/mol. The van der Waals surface area contributed by atoms with Crippen LogP contribution in [0.3, 0.4) is 0 Å². The third kappa shape index (κ3) is 2.84. The molecule has 1 aliphatic rings. The van der Waals surface area contributed by atoms with E-state index in [4.69, 9.17) is 0 Å². The van der Waals surface area contributed by atoms with E-state index in [2.05, 4.69) is 10.1 Å². The third-order valence-electron chi connectivity index (χ3n) is 2.37. The summed E-state index contributed by atoms with van der Waals surface area (Å²) >= 11 is 0. The van der Waals surface area contributed by atoms with E-state index in [1.807, 2.05) is 0 Å². The Morgan fingerprint density at radius 1 is 1.33 bits per heavy atom. The maximum Gasteiger partial charge on any atom is 0.416 e. The smallest absolute Gasteiger partial charge is 0.416 e. The van der Waals surface area contributed by atoms with Crippen LogP contribution in [0.2, 0.25) is 0 Å². The number of rotatable bonds is 1. The number of halogens is 5. The van der Waals surface area contributed by atoms with E-state index in [0.717, 1.165) is 6.07 Å². The molecule has 1 aromatic rings. The van der Waals surface area contributed by atoms with Gasteiger partial charge in [-0.15, -0.1) is 12.4 Å². The predicted octanol–water partition coefficient (Wildman–Crippen LogP) is 3.05. The molecule has 0 aliphatic carbocycles. The molecule has 1 aliphatic heterocycles. The highest BCUT2D eigenvalue weighted by molar-refractivity contribution is 5.85. The van der Waals surface area contributed by atoms with Crippen molar-refractivity contribution in [3.63, 3.8) is 0 Å². The van der Waals surface area contributed by atoms with Crippen LogP contribution in [0.25, 0.3) is 0 Å². The van der Waals surface area contributed by atoms with Gasteiger partial charge in [0.2, 0.25) is 0 Å². The summed E-state index contributed by atoms with van der Waals surface area (Å²) in [5.41, 5.74) is -1.19. The Balaban J connectivity index is 0.00000162. The summed E-state index contributed by atoms with van der Waals surface area (Å²) in [6, 6.07) is 1.17. The van der Waals surface area contributed by atoms with Crippen LogP contribution < -0.4 is 5.32 Å². The van der Waals surface area contributed by atoms with Crippen molar-refractivity contribution in [2.45, 2.75) is 12.2 Å². The van der Waals surface area contributed by atoms with E-state index in [1.165, 1.54) is 0 Å². The number of carbonyl (C=O) groups is 1. The van der Waals surface area contributed by atoms with Crippen LogP contribution in [-0.4, -0.2) is 12.7 Å². The maximum atomic E-state index is 13.4. The van der Waals surface area contributed by atoms with Gasteiger partial charge in [-0.2, -0.15) is 13.2 Å². The van der Waals surface area contributed by atoms with Gasteiger partial charge in [0.25, 0.3) is 0 Å². The average molecular weight is 286 g/mol. The minimum absolute atomic E-state index is 0. The fourth-order valence-corrected chi connectivity index (χ4v) is 1.54. The van der Waals surface area contributed by atoms with Crippen LogP contribution in [0, 0.1) is 5.82 Å². The van der Waals surface area contributed by atoms with Gasteiger partial charge >= 0.3 is 12.3 Å². The lowest BCUT2D eigenvalue weighted by Crippen LogP contribution is -2.20. The first kappa shape index (κ1) is 14.6. The Morgan fingerprint density at radius 3 is 2.50 bits per heavy atom. The topological polar surface area (TPSA) is 38.3 Å². The second-order valence-electron chi connectivity index (χ2n) is 3.53. The highest BCUT2D eigenvalue weighted by Gasteiger charge is 2.33. The van der Waals surface area contributed by atoms with Crippen LogP contribution in [0.1, 0.15) is 17.2 Å². The molecule has 1 aromatic carbocycles. The molecule has 0 aromatic heterocycles. The zero-order chi connectivity index (χ0) is 12.6. The number of alkyl carbamates (subject to hydrolysis) is 1. The Labute approximate surface area is 106 Å². The lowest BCUT2D eigenvalue weighted by atomic mass is 10.0. The average Bonchev–Trinajstić information content (AvgIpc) is 2.63. The number of nitrogens with one attached hydrogen (secondary N) is 1. The first-order valence-corrected chi connectivity index (χ1v) is 4.68. The monoisotopic (exact) mass is 285 g/mol. The van der Waals surface area contributed by atoms with Gasteiger partial charge in [-0.3, -0.25) is 0 Å². The second kappa shape index (κ2) is 5.01. The van der Waals surface area contributed by atoms with E-state index in [0.29, 0.717) is 12.1 Å². The van der Waals surface area contributed by atoms with Gasteiger partial charge in [-0.05, 0) is 18.2 Å². The van der Waals surface area contributed by atoms with Crippen molar-refractivity contribution in [2.75, 3.05) is 6.61 Å². The maximum absolute atomic E-state index is 13.4. The lowest BCUT2D eigenvalue weighted by molar-refractivity contribution is -0.137. The molecule has 0 spiro atoms. The van der Waals surface area contributed by atoms with Crippen molar-refractivity contribution < 1.29 is 27.1 Å². The zero-order valence-corrected chi connectivity index (χ0v) is 9.57. The van der Waals surface area contributed by atoms with Crippen molar-refractivity contribution in [1.82, 2.24) is 5.32 Å². The summed E-state index contributed by atoms with van der Waals surface area (Å²) in [6.45, 7) is -0.183. The molecule has 1 atom stereocenters. The molecule has 1 saturated heterocycles.